The van der Waals surface area contributed by atoms with Gasteiger partial charge in [0.15, 0.2) is 0 Å². The molecule has 0 radical (unpaired) electrons. The Morgan fingerprint density at radius 3 is 2.33 bits per heavy atom. The van der Waals surface area contributed by atoms with Gasteiger partial charge in [-0.25, -0.2) is 0 Å². The number of hydrogen-bond acceptors (Lipinski definition) is 3. The zero-order valence-electron chi connectivity index (χ0n) is 7.32. The van der Waals surface area contributed by atoms with Crippen LogP contribution in [0, 0.1) is 0 Å². The second-order valence-corrected chi connectivity index (χ2v) is 2.26. The summed E-state index contributed by atoms with van der Waals surface area (Å²) >= 11 is 0. The van der Waals surface area contributed by atoms with Crippen molar-refractivity contribution in [3.8, 4) is 0 Å². The van der Waals surface area contributed by atoms with Crippen molar-refractivity contribution < 1.29 is 14.8 Å². The molecule has 66 valence electrons. The van der Waals surface area contributed by atoms with Gasteiger partial charge in [-0.05, 0) is 24.5 Å². The monoisotopic (exact) mass is 168 g/mol. The minimum absolute atomic E-state index is 0.450. The molecule has 0 heterocycles. The van der Waals surface area contributed by atoms with E-state index in [0.717, 1.165) is 0 Å². The Morgan fingerprint density at radius 1 is 1.42 bits per heavy atom. The largest absolute Gasteiger partial charge is 0.497 e. The smallest absolute Gasteiger partial charge is 0.483 e. The van der Waals surface area contributed by atoms with Crippen molar-refractivity contribution in [3.63, 3.8) is 0 Å². The molecule has 0 saturated heterocycles. The van der Waals surface area contributed by atoms with Gasteiger partial charge in [0, 0.05) is 0 Å². The van der Waals surface area contributed by atoms with E-state index in [1.165, 1.54) is 13.2 Å². The summed E-state index contributed by atoms with van der Waals surface area (Å²) in [5.74, 6) is 0.579. The lowest BCUT2D eigenvalue weighted by Gasteiger charge is -1.98. The highest BCUT2D eigenvalue weighted by Gasteiger charge is 2.07. The molecule has 0 bridgehead atoms. The summed E-state index contributed by atoms with van der Waals surface area (Å²) in [7, 11) is 0.107. The van der Waals surface area contributed by atoms with Crippen LogP contribution in [0.1, 0.15) is 6.92 Å². The summed E-state index contributed by atoms with van der Waals surface area (Å²) in [6.07, 6.45) is 4.71. The first-order valence-corrected chi connectivity index (χ1v) is 3.53. The molecule has 0 atom stereocenters. The van der Waals surface area contributed by atoms with Crippen LogP contribution in [0.5, 0.6) is 0 Å². The summed E-state index contributed by atoms with van der Waals surface area (Å²) in [4.78, 5) is 0. The van der Waals surface area contributed by atoms with Gasteiger partial charge in [-0.1, -0.05) is 12.7 Å². The summed E-state index contributed by atoms with van der Waals surface area (Å²) in [6, 6.07) is 0. The fourth-order valence-corrected chi connectivity index (χ4v) is 0.519. The molecule has 3 nitrogen and oxygen atoms in total. The first-order valence-electron chi connectivity index (χ1n) is 3.53. The lowest BCUT2D eigenvalue weighted by atomic mass is 9.80. The average molecular weight is 168 g/mol. The summed E-state index contributed by atoms with van der Waals surface area (Å²) in [6.45, 7) is 5.12. The molecule has 12 heavy (non-hydrogen) atoms. The van der Waals surface area contributed by atoms with Gasteiger partial charge in [-0.15, -0.1) is 0 Å². The summed E-state index contributed by atoms with van der Waals surface area (Å²) < 4.78 is 4.86. The first-order chi connectivity index (χ1) is 5.61. The van der Waals surface area contributed by atoms with Gasteiger partial charge < -0.3 is 14.8 Å². The maximum absolute atomic E-state index is 8.67. The topological polar surface area (TPSA) is 49.7 Å². The SMILES string of the molecule is C=CC(=CC=C(C)B(O)O)OC. The summed E-state index contributed by atoms with van der Waals surface area (Å²) in [5, 5.41) is 17.3. The Hall–Kier alpha value is -0.995. The molecule has 0 aromatic rings. The molecule has 2 N–H and O–H groups in total. The quantitative estimate of drug-likeness (QED) is 0.368. The van der Waals surface area contributed by atoms with Gasteiger partial charge in [0.05, 0.1) is 7.11 Å². The van der Waals surface area contributed by atoms with Crippen molar-refractivity contribution in [3.05, 3.63) is 36.0 Å². The molecule has 0 saturated carbocycles. The van der Waals surface area contributed by atoms with Crippen LogP contribution >= 0.6 is 0 Å². The highest BCUT2D eigenvalue weighted by atomic mass is 16.5. The lowest BCUT2D eigenvalue weighted by molar-refractivity contribution is 0.307. The van der Waals surface area contributed by atoms with E-state index in [4.69, 9.17) is 14.8 Å². The maximum atomic E-state index is 8.67. The van der Waals surface area contributed by atoms with Crippen LogP contribution in [0.2, 0.25) is 0 Å². The Labute approximate surface area is 72.8 Å². The van der Waals surface area contributed by atoms with Crippen LogP contribution in [-0.2, 0) is 4.74 Å². The Bertz CT molecular complexity index is 206. The van der Waals surface area contributed by atoms with Crippen molar-refractivity contribution in [2.75, 3.05) is 7.11 Å². The van der Waals surface area contributed by atoms with Crippen LogP contribution in [0.4, 0.5) is 0 Å². The van der Waals surface area contributed by atoms with Gasteiger partial charge in [0.25, 0.3) is 0 Å². The van der Waals surface area contributed by atoms with Crippen LogP contribution < -0.4 is 0 Å². The average Bonchev–Trinajstić information content (AvgIpc) is 2.05. The molecule has 0 aliphatic rings. The van der Waals surface area contributed by atoms with E-state index in [9.17, 15) is 0 Å². The van der Waals surface area contributed by atoms with Crippen molar-refractivity contribution in [1.82, 2.24) is 0 Å². The lowest BCUT2D eigenvalue weighted by Crippen LogP contribution is -2.12. The van der Waals surface area contributed by atoms with Gasteiger partial charge in [0.2, 0.25) is 0 Å². The fourth-order valence-electron chi connectivity index (χ4n) is 0.519. The van der Waals surface area contributed by atoms with Crippen LogP contribution in [0.15, 0.2) is 36.0 Å². The second kappa shape index (κ2) is 5.63. The molecule has 0 aromatic heterocycles. The number of hydrogen-bond donors (Lipinski definition) is 2. The minimum Gasteiger partial charge on any atom is -0.497 e. The van der Waals surface area contributed by atoms with Gasteiger partial charge in [-0.3, -0.25) is 0 Å². The normalized spacial score (nSPS) is 12.7. The molecule has 0 aromatic carbocycles. The Morgan fingerprint density at radius 2 is 2.00 bits per heavy atom. The third-order valence-corrected chi connectivity index (χ3v) is 1.35. The molecule has 0 aliphatic heterocycles. The predicted octanol–water partition coefficient (Wildman–Crippen LogP) is 0.661. The van der Waals surface area contributed by atoms with E-state index in [0.29, 0.717) is 11.2 Å². The van der Waals surface area contributed by atoms with E-state index >= 15 is 0 Å². The second-order valence-electron chi connectivity index (χ2n) is 2.26. The molecular formula is C8H13BO3. The minimum atomic E-state index is -1.41. The molecule has 0 spiro atoms. The molecular weight excluding hydrogens is 155 g/mol. The molecule has 0 rings (SSSR count). The van der Waals surface area contributed by atoms with Crippen LogP contribution in [0.25, 0.3) is 0 Å². The van der Waals surface area contributed by atoms with Crippen molar-refractivity contribution in [2.45, 2.75) is 6.92 Å². The Kier molecular flexibility index (Phi) is 5.16. The van der Waals surface area contributed by atoms with Crippen molar-refractivity contribution in [1.29, 1.82) is 0 Å². The maximum Gasteiger partial charge on any atom is 0.483 e. The zero-order valence-corrected chi connectivity index (χ0v) is 7.32. The van der Waals surface area contributed by atoms with Gasteiger partial charge >= 0.3 is 7.12 Å². The number of allylic oxidation sites excluding steroid dienone is 4. The number of methoxy groups -OCH3 is 1. The van der Waals surface area contributed by atoms with E-state index < -0.39 is 7.12 Å². The van der Waals surface area contributed by atoms with Crippen molar-refractivity contribution >= 4 is 7.12 Å². The molecule has 0 fully saturated rings. The predicted molar refractivity (Wildman–Crippen MR) is 49.2 cm³/mol. The molecule has 4 heteroatoms. The zero-order chi connectivity index (χ0) is 9.56. The Balaban J connectivity index is 4.34. The van der Waals surface area contributed by atoms with Gasteiger partial charge in [-0.2, -0.15) is 0 Å². The molecule has 0 amide bonds. The number of rotatable bonds is 4. The van der Waals surface area contributed by atoms with Crippen LogP contribution in [0.3, 0.4) is 0 Å². The third-order valence-electron chi connectivity index (χ3n) is 1.35. The first kappa shape index (κ1) is 11.0. The highest BCUT2D eigenvalue weighted by Crippen LogP contribution is 2.00. The standard InChI is InChI=1S/C8H13BO3/c1-4-8(12-3)6-5-7(2)9(10)11/h4-6,10-11H,1H2,2-3H3. The molecule has 0 unspecified atom stereocenters. The highest BCUT2D eigenvalue weighted by molar-refractivity contribution is 6.50. The number of ether oxygens (including phenoxy) is 1. The van der Waals surface area contributed by atoms with Crippen molar-refractivity contribution in [2.24, 2.45) is 0 Å². The van der Waals surface area contributed by atoms with E-state index in [1.54, 1.807) is 19.1 Å². The van der Waals surface area contributed by atoms with Crippen LogP contribution in [-0.4, -0.2) is 24.3 Å². The molecule has 0 aliphatic carbocycles. The van der Waals surface area contributed by atoms with Gasteiger partial charge in [0.1, 0.15) is 5.76 Å². The fraction of sp³-hybridized carbons (Fsp3) is 0.250. The van der Waals surface area contributed by atoms with E-state index in [-0.39, 0.29) is 0 Å². The van der Waals surface area contributed by atoms with E-state index in [2.05, 4.69) is 6.58 Å². The van der Waals surface area contributed by atoms with E-state index in [1.807, 2.05) is 0 Å². The third kappa shape index (κ3) is 4.00. The summed E-state index contributed by atoms with van der Waals surface area (Å²) in [5.41, 5.74) is 0.450.